The number of nitrogens with one attached hydrogen (secondary N) is 1. The van der Waals surface area contributed by atoms with Crippen molar-refractivity contribution in [3.05, 3.63) is 34.5 Å². The molecule has 4 saturated heterocycles. The number of ether oxygens (including phenoxy) is 1. The molecule has 4 aliphatic rings. The first-order valence-electron chi connectivity index (χ1n) is 14.7. The van der Waals surface area contributed by atoms with Gasteiger partial charge in [0.1, 0.15) is 35.4 Å². The minimum absolute atomic E-state index is 0.00948. The molecule has 1 aromatic carbocycles. The summed E-state index contributed by atoms with van der Waals surface area (Å²) in [5.41, 5.74) is 4.93. The molecular formula is C30H28ClF3N8O2. The van der Waals surface area contributed by atoms with Gasteiger partial charge in [-0.1, -0.05) is 11.6 Å². The molecule has 0 spiro atoms. The lowest BCUT2D eigenvalue weighted by Gasteiger charge is -2.34. The average molecular weight is 625 g/mol. The van der Waals surface area contributed by atoms with Gasteiger partial charge >= 0.3 is 6.01 Å². The Morgan fingerprint density at radius 3 is 2.77 bits per heavy atom. The van der Waals surface area contributed by atoms with Crippen LogP contribution in [0, 0.1) is 23.0 Å². The van der Waals surface area contributed by atoms with Crippen LogP contribution in [0.3, 0.4) is 0 Å². The summed E-state index contributed by atoms with van der Waals surface area (Å²) in [7, 11) is 0. The number of piperazine rings is 1. The van der Waals surface area contributed by atoms with Gasteiger partial charge in [-0.3, -0.25) is 4.90 Å². The maximum Gasteiger partial charge on any atom is 0.319 e. The van der Waals surface area contributed by atoms with E-state index in [1.807, 2.05) is 6.07 Å². The number of pyridine rings is 1. The van der Waals surface area contributed by atoms with Crippen LogP contribution in [0.5, 0.6) is 6.01 Å². The van der Waals surface area contributed by atoms with E-state index in [9.17, 15) is 14.0 Å². The molecule has 4 atom stereocenters. The van der Waals surface area contributed by atoms with Crippen molar-refractivity contribution in [2.75, 3.05) is 43.4 Å². The van der Waals surface area contributed by atoms with Crippen molar-refractivity contribution in [1.82, 2.24) is 25.2 Å². The molecule has 44 heavy (non-hydrogen) atoms. The van der Waals surface area contributed by atoms with Gasteiger partial charge in [0.15, 0.2) is 23.0 Å². The Bertz CT molecular complexity index is 1870. The van der Waals surface area contributed by atoms with Crippen molar-refractivity contribution < 1.29 is 22.3 Å². The standard InChI is InChI=1S/C30H28ClF3N8O2/c31-19-6-20(33)26-22(17(8-35)27(36)44-26)21(19)18-9-37-25-24(23(18)34)39-29(40-28(25)41-11-15-2-3-16(12-41)38-15)43-13-30-4-1-5-42(30)10-14(32)7-30/h6,9,14-16,38H,1-5,7,10-13,36H2/t14-,15?,16?,30+/m1/s1. The number of fused-ring (bicyclic) bond motifs is 5. The van der Waals surface area contributed by atoms with E-state index < -0.39 is 23.3 Å². The zero-order chi connectivity index (χ0) is 30.3. The van der Waals surface area contributed by atoms with E-state index in [-0.39, 0.29) is 74.3 Å². The number of benzene rings is 1. The van der Waals surface area contributed by atoms with Gasteiger partial charge < -0.3 is 25.1 Å². The van der Waals surface area contributed by atoms with Crippen molar-refractivity contribution in [1.29, 1.82) is 5.26 Å². The van der Waals surface area contributed by atoms with Gasteiger partial charge in [-0.2, -0.15) is 15.2 Å². The molecule has 0 saturated carbocycles. The maximum absolute atomic E-state index is 16.7. The summed E-state index contributed by atoms with van der Waals surface area (Å²) < 4.78 is 57.5. The van der Waals surface area contributed by atoms with Crippen LogP contribution in [0.1, 0.15) is 37.7 Å². The summed E-state index contributed by atoms with van der Waals surface area (Å²) in [6.45, 7) is 2.64. The van der Waals surface area contributed by atoms with Crippen LogP contribution < -0.4 is 20.7 Å². The number of nitrogens with two attached hydrogens (primary N) is 1. The minimum Gasteiger partial charge on any atom is -0.461 e. The molecule has 4 aliphatic heterocycles. The Hall–Kier alpha value is -3.86. The highest BCUT2D eigenvalue weighted by Gasteiger charge is 2.49. The molecule has 7 heterocycles. The number of nitrogens with zero attached hydrogens (tertiary/aromatic N) is 6. The van der Waals surface area contributed by atoms with Crippen LogP contribution in [-0.4, -0.2) is 76.4 Å². The number of rotatable bonds is 5. The third kappa shape index (κ3) is 4.18. The van der Waals surface area contributed by atoms with Crippen LogP contribution in [0.4, 0.5) is 24.9 Å². The second kappa shape index (κ2) is 10.1. The first-order valence-corrected chi connectivity index (χ1v) is 15.1. The fraction of sp³-hybridized carbons (Fsp3) is 0.467. The number of hydrogen-bond acceptors (Lipinski definition) is 10. The molecular weight excluding hydrogens is 597 g/mol. The fourth-order valence-electron chi connectivity index (χ4n) is 7.68. The second-order valence-electron chi connectivity index (χ2n) is 12.3. The summed E-state index contributed by atoms with van der Waals surface area (Å²) in [4.78, 5) is 18.0. The molecule has 10 nitrogen and oxygen atoms in total. The molecule has 4 aromatic rings. The van der Waals surface area contributed by atoms with Crippen LogP contribution in [-0.2, 0) is 0 Å². The van der Waals surface area contributed by atoms with Crippen LogP contribution in [0.15, 0.2) is 16.7 Å². The maximum atomic E-state index is 16.7. The van der Waals surface area contributed by atoms with Crippen molar-refractivity contribution in [2.45, 2.75) is 55.9 Å². The van der Waals surface area contributed by atoms with E-state index in [1.165, 1.54) is 6.20 Å². The van der Waals surface area contributed by atoms with E-state index in [0.717, 1.165) is 38.3 Å². The number of aromatic nitrogens is 3. The molecule has 2 bridgehead atoms. The monoisotopic (exact) mass is 624 g/mol. The van der Waals surface area contributed by atoms with Gasteiger partial charge in [-0.25, -0.2) is 18.2 Å². The van der Waals surface area contributed by atoms with E-state index >= 15 is 4.39 Å². The molecule has 0 amide bonds. The summed E-state index contributed by atoms with van der Waals surface area (Å²) in [5.74, 6) is -1.52. The van der Waals surface area contributed by atoms with Crippen molar-refractivity contribution >= 4 is 45.3 Å². The lowest BCUT2D eigenvalue weighted by Crippen LogP contribution is -2.51. The first kappa shape index (κ1) is 27.7. The number of alkyl halides is 1. The first-order chi connectivity index (χ1) is 21.2. The number of furan rings is 1. The predicted molar refractivity (Wildman–Crippen MR) is 157 cm³/mol. The Balaban J connectivity index is 1.28. The SMILES string of the molecule is N#Cc1c(N)oc2c(F)cc(Cl)c(-c3cnc4c(N5CC6CCC(C5)N6)nc(OC[C@@]56CCCN5C[C@H](F)C6)nc4c3F)c12. The number of hydrogen-bond donors (Lipinski definition) is 2. The highest BCUT2D eigenvalue weighted by molar-refractivity contribution is 6.35. The van der Waals surface area contributed by atoms with E-state index in [2.05, 4.69) is 25.1 Å². The Morgan fingerprint density at radius 1 is 1.20 bits per heavy atom. The molecule has 0 aliphatic carbocycles. The smallest absolute Gasteiger partial charge is 0.319 e. The van der Waals surface area contributed by atoms with Gasteiger partial charge in [0, 0.05) is 55.5 Å². The van der Waals surface area contributed by atoms with Crippen molar-refractivity contribution in [2.24, 2.45) is 0 Å². The number of halogens is 4. The molecule has 14 heteroatoms. The van der Waals surface area contributed by atoms with E-state index in [0.29, 0.717) is 31.9 Å². The third-order valence-electron chi connectivity index (χ3n) is 9.63. The normalized spacial score (nSPS) is 26.5. The summed E-state index contributed by atoms with van der Waals surface area (Å²) >= 11 is 6.48. The molecule has 2 unspecified atom stereocenters. The molecule has 0 radical (unpaired) electrons. The highest BCUT2D eigenvalue weighted by atomic mass is 35.5. The van der Waals surface area contributed by atoms with Gasteiger partial charge in [-0.15, -0.1) is 0 Å². The summed E-state index contributed by atoms with van der Waals surface area (Å²) in [6, 6.07) is 3.37. The van der Waals surface area contributed by atoms with Gasteiger partial charge in [-0.05, 0) is 38.3 Å². The largest absolute Gasteiger partial charge is 0.461 e. The topological polar surface area (TPSA) is 129 Å². The van der Waals surface area contributed by atoms with E-state index in [1.54, 1.807) is 0 Å². The zero-order valence-electron chi connectivity index (χ0n) is 23.5. The molecule has 3 N–H and O–H groups in total. The van der Waals surface area contributed by atoms with E-state index in [4.69, 9.17) is 31.5 Å². The number of nitrogen functional groups attached to an aromatic ring is 1. The molecule has 4 fully saturated rings. The molecule has 8 rings (SSSR count). The Morgan fingerprint density at radius 2 is 2.00 bits per heavy atom. The number of nitriles is 1. The van der Waals surface area contributed by atoms with Gasteiger partial charge in [0.2, 0.25) is 5.88 Å². The molecule has 228 valence electrons. The highest BCUT2D eigenvalue weighted by Crippen LogP contribution is 2.44. The second-order valence-corrected chi connectivity index (χ2v) is 12.7. The predicted octanol–water partition coefficient (Wildman–Crippen LogP) is 4.72. The van der Waals surface area contributed by atoms with Gasteiger partial charge in [0.05, 0.1) is 15.9 Å². The van der Waals surface area contributed by atoms with Crippen LogP contribution in [0.25, 0.3) is 33.1 Å². The lowest BCUT2D eigenvalue weighted by molar-refractivity contribution is 0.107. The van der Waals surface area contributed by atoms with Crippen LogP contribution >= 0.6 is 11.6 Å². The quantitative estimate of drug-likeness (QED) is 0.322. The minimum atomic E-state index is -0.930. The average Bonchev–Trinajstić information content (AvgIpc) is 3.73. The summed E-state index contributed by atoms with van der Waals surface area (Å²) in [6.07, 6.45) is 4.50. The van der Waals surface area contributed by atoms with Crippen molar-refractivity contribution in [3.63, 3.8) is 0 Å². The van der Waals surface area contributed by atoms with Crippen LogP contribution in [0.2, 0.25) is 5.02 Å². The Labute approximate surface area is 254 Å². The summed E-state index contributed by atoms with van der Waals surface area (Å²) in [5, 5.41) is 13.1. The zero-order valence-corrected chi connectivity index (χ0v) is 24.3. The third-order valence-corrected chi connectivity index (χ3v) is 9.93. The fourth-order valence-corrected chi connectivity index (χ4v) is 7.98. The number of anilines is 2. The lowest BCUT2D eigenvalue weighted by atomic mass is 9.95. The Kier molecular flexibility index (Phi) is 6.34. The molecule has 3 aromatic heterocycles. The van der Waals surface area contributed by atoms with Gasteiger partial charge in [0.25, 0.3) is 0 Å². The van der Waals surface area contributed by atoms with Crippen molar-refractivity contribution in [3.8, 4) is 23.2 Å².